The maximum atomic E-state index is 10.5. The fourth-order valence-corrected chi connectivity index (χ4v) is 0.499. The quantitative estimate of drug-likeness (QED) is 0.533. The SMILES string of the molecule is COP(=O)(O)[C@@H](C)N. The van der Waals surface area contributed by atoms with Gasteiger partial charge in [-0.25, -0.2) is 0 Å². The Balaban J connectivity index is 3.93. The highest BCUT2D eigenvalue weighted by molar-refractivity contribution is 7.53. The molecule has 0 saturated carbocycles. The van der Waals surface area contributed by atoms with Crippen molar-refractivity contribution in [2.24, 2.45) is 5.73 Å². The van der Waals surface area contributed by atoms with Crippen molar-refractivity contribution >= 4 is 7.60 Å². The van der Waals surface area contributed by atoms with Gasteiger partial charge in [0.1, 0.15) is 5.78 Å². The molecule has 1 unspecified atom stereocenters. The maximum absolute atomic E-state index is 10.5. The van der Waals surface area contributed by atoms with Gasteiger partial charge in [0.2, 0.25) is 0 Å². The molecule has 0 aliphatic heterocycles. The molecule has 3 N–H and O–H groups in total. The summed E-state index contributed by atoms with van der Waals surface area (Å²) in [6.07, 6.45) is 0. The molecule has 0 amide bonds. The first kappa shape index (κ1) is 8.11. The molecule has 0 aliphatic carbocycles. The fourth-order valence-electron chi connectivity index (χ4n) is 0.166. The Hall–Kier alpha value is 0.110. The molecule has 0 aromatic rings. The van der Waals surface area contributed by atoms with E-state index in [0.717, 1.165) is 7.11 Å². The second kappa shape index (κ2) is 2.60. The summed E-state index contributed by atoms with van der Waals surface area (Å²) in [5.41, 5.74) is 5.04. The lowest BCUT2D eigenvalue weighted by molar-refractivity contribution is 0.306. The van der Waals surface area contributed by atoms with E-state index in [0.29, 0.717) is 0 Å². The average molecular weight is 139 g/mol. The Labute approximate surface area is 48.2 Å². The van der Waals surface area contributed by atoms with Crippen LogP contribution in [0.5, 0.6) is 0 Å². The normalized spacial score (nSPS) is 22.0. The van der Waals surface area contributed by atoms with Gasteiger partial charge in [0.25, 0.3) is 0 Å². The first-order chi connectivity index (χ1) is 3.50. The van der Waals surface area contributed by atoms with E-state index in [4.69, 9.17) is 10.6 Å². The summed E-state index contributed by atoms with van der Waals surface area (Å²) < 4.78 is 14.7. The molecule has 0 saturated heterocycles. The summed E-state index contributed by atoms with van der Waals surface area (Å²) in [5, 5.41) is 0. The molecule has 0 spiro atoms. The smallest absolute Gasteiger partial charge is 0.323 e. The Bertz CT molecular complexity index is 113. The Morgan fingerprint density at radius 1 is 1.88 bits per heavy atom. The van der Waals surface area contributed by atoms with Crippen LogP contribution in [0, 0.1) is 0 Å². The third-order valence-electron chi connectivity index (χ3n) is 0.776. The lowest BCUT2D eigenvalue weighted by Gasteiger charge is -2.10. The zero-order valence-corrected chi connectivity index (χ0v) is 5.76. The first-order valence-corrected chi connectivity index (χ1v) is 3.79. The first-order valence-electron chi connectivity index (χ1n) is 2.14. The van der Waals surface area contributed by atoms with Crippen LogP contribution in [0.15, 0.2) is 0 Å². The van der Waals surface area contributed by atoms with Gasteiger partial charge >= 0.3 is 7.60 Å². The molecule has 5 heteroatoms. The van der Waals surface area contributed by atoms with E-state index in [1.807, 2.05) is 0 Å². The fraction of sp³-hybridized carbons (Fsp3) is 1.00. The van der Waals surface area contributed by atoms with Crippen LogP contribution in [-0.4, -0.2) is 17.8 Å². The van der Waals surface area contributed by atoms with Gasteiger partial charge in [0.15, 0.2) is 0 Å². The molecule has 0 rings (SSSR count). The lowest BCUT2D eigenvalue weighted by Crippen LogP contribution is -2.15. The van der Waals surface area contributed by atoms with Gasteiger partial charge in [0.05, 0.1) is 0 Å². The molecule has 0 aliphatic rings. The number of rotatable bonds is 2. The van der Waals surface area contributed by atoms with E-state index in [1.54, 1.807) is 0 Å². The second-order valence-electron chi connectivity index (χ2n) is 1.49. The molecule has 2 atom stereocenters. The van der Waals surface area contributed by atoms with Crippen LogP contribution in [0.25, 0.3) is 0 Å². The highest BCUT2D eigenvalue weighted by Crippen LogP contribution is 2.43. The van der Waals surface area contributed by atoms with Crippen LogP contribution in [0.3, 0.4) is 0 Å². The molecule has 0 aromatic heterocycles. The van der Waals surface area contributed by atoms with Crippen molar-refractivity contribution < 1.29 is 14.0 Å². The summed E-state index contributed by atoms with van der Waals surface area (Å²) in [6.45, 7) is 1.42. The molecule has 4 nitrogen and oxygen atoms in total. The van der Waals surface area contributed by atoms with Crippen LogP contribution >= 0.6 is 7.60 Å². The largest absolute Gasteiger partial charge is 0.344 e. The lowest BCUT2D eigenvalue weighted by atomic mass is 10.8. The highest BCUT2D eigenvalue weighted by atomic mass is 31.2. The van der Waals surface area contributed by atoms with E-state index in [1.165, 1.54) is 6.92 Å². The number of nitrogens with two attached hydrogens (primary N) is 1. The Morgan fingerprint density at radius 3 is 2.25 bits per heavy atom. The van der Waals surface area contributed by atoms with E-state index >= 15 is 0 Å². The van der Waals surface area contributed by atoms with Gasteiger partial charge in [-0.05, 0) is 6.92 Å². The van der Waals surface area contributed by atoms with Crippen molar-refractivity contribution in [2.75, 3.05) is 7.11 Å². The molecule has 0 fully saturated rings. The number of hydrogen-bond donors (Lipinski definition) is 2. The van der Waals surface area contributed by atoms with Crippen LogP contribution < -0.4 is 5.73 Å². The molecule has 50 valence electrons. The van der Waals surface area contributed by atoms with Crippen molar-refractivity contribution in [2.45, 2.75) is 12.7 Å². The van der Waals surface area contributed by atoms with Crippen LogP contribution in [0.2, 0.25) is 0 Å². The van der Waals surface area contributed by atoms with Crippen molar-refractivity contribution in [3.05, 3.63) is 0 Å². The van der Waals surface area contributed by atoms with E-state index in [-0.39, 0.29) is 0 Å². The molecule has 0 bridgehead atoms. The van der Waals surface area contributed by atoms with Gasteiger partial charge in [-0.1, -0.05) is 0 Å². The zero-order valence-electron chi connectivity index (χ0n) is 4.87. The predicted octanol–water partition coefficient (Wildman–Crippen LogP) is 0.123. The van der Waals surface area contributed by atoms with Gasteiger partial charge in [0, 0.05) is 7.11 Å². The summed E-state index contributed by atoms with van der Waals surface area (Å²) in [4.78, 5) is 8.61. The van der Waals surface area contributed by atoms with Gasteiger partial charge in [-0.2, -0.15) is 0 Å². The second-order valence-corrected chi connectivity index (χ2v) is 3.80. The topological polar surface area (TPSA) is 72.5 Å². The predicted molar refractivity (Wildman–Crippen MR) is 30.5 cm³/mol. The Kier molecular flexibility index (Phi) is 2.63. The molecule has 0 heterocycles. The van der Waals surface area contributed by atoms with Crippen molar-refractivity contribution in [1.29, 1.82) is 0 Å². The van der Waals surface area contributed by atoms with Crippen molar-refractivity contribution in [3.8, 4) is 0 Å². The van der Waals surface area contributed by atoms with E-state index in [9.17, 15) is 4.57 Å². The minimum atomic E-state index is -3.47. The molecular formula is C3H10NO3P. The minimum absolute atomic E-state index is 0.799. The molecule has 0 aromatic carbocycles. The average Bonchev–Trinajstić information content (AvgIpc) is 1.67. The van der Waals surface area contributed by atoms with Crippen molar-refractivity contribution in [1.82, 2.24) is 0 Å². The summed E-state index contributed by atoms with van der Waals surface area (Å²) >= 11 is 0. The van der Waals surface area contributed by atoms with E-state index in [2.05, 4.69) is 4.52 Å². The molecule has 8 heavy (non-hydrogen) atoms. The molecule has 0 radical (unpaired) electrons. The van der Waals surface area contributed by atoms with Crippen molar-refractivity contribution in [3.63, 3.8) is 0 Å². The van der Waals surface area contributed by atoms with Gasteiger partial charge in [-0.15, -0.1) is 0 Å². The standard InChI is InChI=1S/C3H10NO3P/c1-3(4)8(5,6)7-2/h3H,4H2,1-2H3,(H,5,6)/t3-/m0/s1. The highest BCUT2D eigenvalue weighted by Gasteiger charge is 2.22. The minimum Gasteiger partial charge on any atom is -0.323 e. The summed E-state index contributed by atoms with van der Waals surface area (Å²) in [7, 11) is -2.31. The third-order valence-corrected chi connectivity index (χ3v) is 2.33. The number of hydrogen-bond acceptors (Lipinski definition) is 3. The molecular weight excluding hydrogens is 129 g/mol. The van der Waals surface area contributed by atoms with E-state index < -0.39 is 13.4 Å². The summed E-state index contributed by atoms with van der Waals surface area (Å²) in [6, 6.07) is 0. The van der Waals surface area contributed by atoms with Crippen LogP contribution in [-0.2, 0) is 9.09 Å². The third kappa shape index (κ3) is 1.92. The summed E-state index contributed by atoms with van der Waals surface area (Å²) in [5.74, 6) is -0.799. The Morgan fingerprint density at radius 2 is 2.25 bits per heavy atom. The van der Waals surface area contributed by atoms with Crippen LogP contribution in [0.4, 0.5) is 0 Å². The monoisotopic (exact) mass is 139 g/mol. The zero-order chi connectivity index (χ0) is 6.78. The van der Waals surface area contributed by atoms with Gasteiger partial charge in [-0.3, -0.25) is 4.57 Å². The maximum Gasteiger partial charge on any atom is 0.344 e. The van der Waals surface area contributed by atoms with Crippen LogP contribution in [0.1, 0.15) is 6.92 Å². The van der Waals surface area contributed by atoms with Gasteiger partial charge < -0.3 is 15.2 Å².